The van der Waals surface area contributed by atoms with Gasteiger partial charge >= 0.3 is 0 Å². The molecule has 2 aliphatic rings. The summed E-state index contributed by atoms with van der Waals surface area (Å²) in [5.41, 5.74) is 2.10. The summed E-state index contributed by atoms with van der Waals surface area (Å²) in [6.45, 7) is 7.08. The minimum Gasteiger partial charge on any atom is -0.507 e. The van der Waals surface area contributed by atoms with Crippen molar-refractivity contribution in [1.29, 1.82) is 0 Å². The van der Waals surface area contributed by atoms with Crippen molar-refractivity contribution in [2.24, 2.45) is 11.8 Å². The molecular weight excluding hydrogens is 418 g/mol. The average Bonchev–Trinajstić information content (AvgIpc) is 2.93. The van der Waals surface area contributed by atoms with Crippen molar-refractivity contribution in [1.82, 2.24) is 4.90 Å². The van der Waals surface area contributed by atoms with Gasteiger partial charge in [0.25, 0.3) is 0 Å². The molecule has 0 aromatic heterocycles. The van der Waals surface area contributed by atoms with Crippen LogP contribution in [-0.4, -0.2) is 28.9 Å². The van der Waals surface area contributed by atoms with E-state index in [4.69, 9.17) is 4.74 Å². The second-order valence-electron chi connectivity index (χ2n) is 8.07. The minimum atomic E-state index is -0.142. The highest BCUT2D eigenvalue weighted by Gasteiger charge is 2.32. The van der Waals surface area contributed by atoms with Crippen LogP contribution in [0.2, 0.25) is 0 Å². The molecule has 0 bridgehead atoms. The van der Waals surface area contributed by atoms with Gasteiger partial charge in [0.2, 0.25) is 5.78 Å². The fourth-order valence-electron chi connectivity index (χ4n) is 4.34. The third-order valence-electron chi connectivity index (χ3n) is 5.39. The number of ether oxygens (including phenoxy) is 1. The lowest BCUT2D eigenvalue weighted by Crippen LogP contribution is -2.38. The fraction of sp³-hybridized carbons (Fsp3) is 0.348. The molecule has 1 N–H and O–H groups in total. The molecule has 4 nitrogen and oxygen atoms in total. The maximum atomic E-state index is 12.8. The predicted molar refractivity (Wildman–Crippen MR) is 113 cm³/mol. The lowest BCUT2D eigenvalue weighted by atomic mass is 9.91. The van der Waals surface area contributed by atoms with Gasteiger partial charge in [0.15, 0.2) is 5.76 Å². The SMILES string of the molecule is CC1CC(C)CN(Cc2c(O)ccc3c2O/C(=C/c2cccc(Br)c2)C3=O)C1. The topological polar surface area (TPSA) is 49.8 Å². The quantitative estimate of drug-likeness (QED) is 0.660. The van der Waals surface area contributed by atoms with Gasteiger partial charge in [0.1, 0.15) is 11.5 Å². The van der Waals surface area contributed by atoms with Crippen molar-refractivity contribution in [3.8, 4) is 11.5 Å². The maximum absolute atomic E-state index is 12.8. The van der Waals surface area contributed by atoms with Crippen molar-refractivity contribution in [3.05, 3.63) is 63.3 Å². The molecule has 1 saturated heterocycles. The first-order valence-corrected chi connectivity index (χ1v) is 10.5. The Bertz CT molecular complexity index is 943. The summed E-state index contributed by atoms with van der Waals surface area (Å²) in [7, 11) is 0. The van der Waals surface area contributed by atoms with Gasteiger partial charge in [-0.3, -0.25) is 9.69 Å². The summed E-state index contributed by atoms with van der Waals surface area (Å²) in [4.78, 5) is 15.2. The van der Waals surface area contributed by atoms with Gasteiger partial charge in [0.05, 0.1) is 11.1 Å². The number of carbonyl (C=O) groups is 1. The summed E-state index contributed by atoms with van der Waals surface area (Å²) < 4.78 is 6.92. The molecule has 0 amide bonds. The molecule has 5 heteroatoms. The Morgan fingerprint density at radius 1 is 1.21 bits per heavy atom. The number of allylic oxidation sites excluding steroid dienone is 1. The molecule has 146 valence electrons. The first-order chi connectivity index (χ1) is 13.4. The Hall–Kier alpha value is -2.11. The molecule has 28 heavy (non-hydrogen) atoms. The van der Waals surface area contributed by atoms with Crippen molar-refractivity contribution in [2.75, 3.05) is 13.1 Å². The minimum absolute atomic E-state index is 0.142. The summed E-state index contributed by atoms with van der Waals surface area (Å²) in [6.07, 6.45) is 2.98. The van der Waals surface area contributed by atoms with Crippen LogP contribution < -0.4 is 4.74 Å². The predicted octanol–water partition coefficient (Wildman–Crippen LogP) is 5.25. The second kappa shape index (κ2) is 7.72. The third-order valence-corrected chi connectivity index (χ3v) is 5.88. The molecule has 2 unspecified atom stereocenters. The lowest BCUT2D eigenvalue weighted by Gasteiger charge is -2.35. The van der Waals surface area contributed by atoms with Crippen LogP contribution in [0.1, 0.15) is 41.8 Å². The summed E-state index contributed by atoms with van der Waals surface area (Å²) in [5.74, 6) is 2.07. The zero-order valence-electron chi connectivity index (χ0n) is 16.1. The van der Waals surface area contributed by atoms with Crippen LogP contribution in [0.3, 0.4) is 0 Å². The number of nitrogens with zero attached hydrogens (tertiary/aromatic N) is 1. The van der Waals surface area contributed by atoms with Crippen molar-refractivity contribution in [3.63, 3.8) is 0 Å². The standard InChI is InChI=1S/C23H24BrNO3/c1-14-8-15(2)12-25(11-14)13-19-20(26)7-6-18-22(27)21(28-23(18)19)10-16-4-3-5-17(24)9-16/h3-7,9-10,14-15,26H,8,11-13H2,1-2H3/b21-10+. The molecule has 2 atom stereocenters. The molecule has 0 spiro atoms. The van der Waals surface area contributed by atoms with Crippen molar-refractivity contribution >= 4 is 27.8 Å². The molecule has 2 aromatic rings. The molecular formula is C23H24BrNO3. The normalized spacial score (nSPS) is 23.7. The fourth-order valence-corrected chi connectivity index (χ4v) is 4.76. The number of piperidine rings is 1. The second-order valence-corrected chi connectivity index (χ2v) is 8.99. The van der Waals surface area contributed by atoms with Gasteiger partial charge in [-0.2, -0.15) is 0 Å². The van der Waals surface area contributed by atoms with Gasteiger partial charge in [-0.1, -0.05) is 41.9 Å². The number of halogens is 1. The van der Waals surface area contributed by atoms with E-state index in [1.54, 1.807) is 18.2 Å². The van der Waals surface area contributed by atoms with Crippen molar-refractivity contribution < 1.29 is 14.6 Å². The number of hydrogen-bond acceptors (Lipinski definition) is 4. The number of phenolic OH excluding ortho intramolecular Hbond substituents is 1. The highest BCUT2D eigenvalue weighted by atomic mass is 79.9. The van der Waals surface area contributed by atoms with E-state index in [9.17, 15) is 9.90 Å². The summed E-state index contributed by atoms with van der Waals surface area (Å²) in [6, 6.07) is 11.0. The Morgan fingerprint density at radius 3 is 2.68 bits per heavy atom. The van der Waals surface area contributed by atoms with E-state index in [1.807, 2.05) is 24.3 Å². The lowest BCUT2D eigenvalue weighted by molar-refractivity contribution is 0.101. The Kier molecular flexibility index (Phi) is 5.30. The number of fused-ring (bicyclic) bond motifs is 1. The number of hydrogen-bond donors (Lipinski definition) is 1. The number of benzene rings is 2. The monoisotopic (exact) mass is 441 g/mol. The van der Waals surface area contributed by atoms with E-state index in [2.05, 4.69) is 34.7 Å². The van der Waals surface area contributed by atoms with Gasteiger partial charge in [-0.15, -0.1) is 0 Å². The van der Waals surface area contributed by atoms with E-state index in [1.165, 1.54) is 6.42 Å². The molecule has 0 radical (unpaired) electrons. The Labute approximate surface area is 173 Å². The number of rotatable bonds is 3. The van der Waals surface area contributed by atoms with Crippen LogP contribution >= 0.6 is 15.9 Å². The van der Waals surface area contributed by atoms with E-state index < -0.39 is 0 Å². The van der Waals surface area contributed by atoms with Crippen LogP contribution in [0.5, 0.6) is 11.5 Å². The Balaban J connectivity index is 1.64. The smallest absolute Gasteiger partial charge is 0.231 e. The number of Topliss-reactive ketones (excluding diaryl/α,β-unsaturated/α-hetero) is 1. The number of ketones is 1. The number of phenols is 1. The molecule has 2 aliphatic heterocycles. The van der Waals surface area contributed by atoms with E-state index in [0.29, 0.717) is 41.0 Å². The molecule has 1 fully saturated rings. The molecule has 2 heterocycles. The van der Waals surface area contributed by atoms with E-state index in [-0.39, 0.29) is 11.5 Å². The zero-order valence-corrected chi connectivity index (χ0v) is 17.7. The summed E-state index contributed by atoms with van der Waals surface area (Å²) in [5, 5.41) is 10.5. The van der Waals surface area contributed by atoms with Crippen LogP contribution in [0.15, 0.2) is 46.6 Å². The van der Waals surface area contributed by atoms with Crippen molar-refractivity contribution in [2.45, 2.75) is 26.8 Å². The van der Waals surface area contributed by atoms with E-state index in [0.717, 1.165) is 23.1 Å². The third kappa shape index (κ3) is 3.87. The van der Waals surface area contributed by atoms with Gasteiger partial charge < -0.3 is 9.84 Å². The highest BCUT2D eigenvalue weighted by molar-refractivity contribution is 9.10. The van der Waals surface area contributed by atoms with Crippen LogP contribution in [0, 0.1) is 11.8 Å². The maximum Gasteiger partial charge on any atom is 0.231 e. The first kappa shape index (κ1) is 19.2. The first-order valence-electron chi connectivity index (χ1n) is 9.67. The van der Waals surface area contributed by atoms with Crippen LogP contribution in [0.25, 0.3) is 6.08 Å². The van der Waals surface area contributed by atoms with Gasteiger partial charge in [-0.25, -0.2) is 0 Å². The number of carbonyl (C=O) groups excluding carboxylic acids is 1. The van der Waals surface area contributed by atoms with Gasteiger partial charge in [-0.05, 0) is 54.2 Å². The molecule has 2 aromatic carbocycles. The largest absolute Gasteiger partial charge is 0.507 e. The zero-order chi connectivity index (χ0) is 19.8. The summed E-state index contributed by atoms with van der Waals surface area (Å²) >= 11 is 3.45. The van der Waals surface area contributed by atoms with Crippen LogP contribution in [0.4, 0.5) is 0 Å². The molecule has 0 saturated carbocycles. The van der Waals surface area contributed by atoms with Gasteiger partial charge in [0, 0.05) is 24.1 Å². The Morgan fingerprint density at radius 2 is 1.96 bits per heavy atom. The van der Waals surface area contributed by atoms with E-state index >= 15 is 0 Å². The molecule has 0 aliphatic carbocycles. The average molecular weight is 442 g/mol. The number of aromatic hydroxyl groups is 1. The highest BCUT2D eigenvalue weighted by Crippen LogP contribution is 2.40. The number of likely N-dealkylation sites (tertiary alicyclic amines) is 1. The van der Waals surface area contributed by atoms with Crippen LogP contribution in [-0.2, 0) is 6.54 Å². The molecule has 4 rings (SSSR count).